The van der Waals surface area contributed by atoms with E-state index in [4.69, 9.17) is 23.2 Å². The van der Waals surface area contributed by atoms with Crippen molar-refractivity contribution >= 4 is 34.5 Å². The first-order chi connectivity index (χ1) is 7.25. The SMILES string of the molecule is Clc1sc(Cl)c2c1CCCC2NC1CC1. The summed E-state index contributed by atoms with van der Waals surface area (Å²) < 4.78 is 1.80. The molecule has 0 saturated heterocycles. The molecule has 1 saturated carbocycles. The van der Waals surface area contributed by atoms with Crippen LogP contribution >= 0.6 is 34.5 Å². The van der Waals surface area contributed by atoms with Gasteiger partial charge in [0.25, 0.3) is 0 Å². The molecule has 15 heavy (non-hydrogen) atoms. The van der Waals surface area contributed by atoms with Crippen molar-refractivity contribution in [3.05, 3.63) is 19.8 Å². The first kappa shape index (κ1) is 10.4. The third kappa shape index (κ3) is 1.93. The number of halogens is 2. The van der Waals surface area contributed by atoms with Gasteiger partial charge in [-0.2, -0.15) is 0 Å². The topological polar surface area (TPSA) is 12.0 Å². The van der Waals surface area contributed by atoms with Crippen molar-refractivity contribution in [3.63, 3.8) is 0 Å². The van der Waals surface area contributed by atoms with E-state index < -0.39 is 0 Å². The summed E-state index contributed by atoms with van der Waals surface area (Å²) in [5.74, 6) is 0. The molecule has 1 atom stereocenters. The third-order valence-electron chi connectivity index (χ3n) is 3.24. The van der Waals surface area contributed by atoms with Crippen LogP contribution in [0.15, 0.2) is 0 Å². The summed E-state index contributed by atoms with van der Waals surface area (Å²) in [6.07, 6.45) is 6.17. The standard InChI is InChI=1S/C11H13Cl2NS/c12-10-7-2-1-3-8(14-6-4-5-6)9(7)11(13)15-10/h6,8,14H,1-5H2. The number of hydrogen-bond acceptors (Lipinski definition) is 2. The minimum absolute atomic E-state index is 0.456. The van der Waals surface area contributed by atoms with Gasteiger partial charge in [-0.1, -0.05) is 23.2 Å². The summed E-state index contributed by atoms with van der Waals surface area (Å²) in [6, 6.07) is 1.19. The Labute approximate surface area is 104 Å². The summed E-state index contributed by atoms with van der Waals surface area (Å²) in [7, 11) is 0. The van der Waals surface area contributed by atoms with E-state index in [9.17, 15) is 0 Å². The van der Waals surface area contributed by atoms with Gasteiger partial charge in [-0.3, -0.25) is 0 Å². The summed E-state index contributed by atoms with van der Waals surface area (Å²) in [5.41, 5.74) is 2.60. The average molecular weight is 262 g/mol. The summed E-state index contributed by atoms with van der Waals surface area (Å²) in [6.45, 7) is 0. The van der Waals surface area contributed by atoms with Crippen molar-refractivity contribution in [2.45, 2.75) is 44.2 Å². The van der Waals surface area contributed by atoms with Gasteiger partial charge in [0, 0.05) is 17.6 Å². The van der Waals surface area contributed by atoms with Crippen LogP contribution in [-0.4, -0.2) is 6.04 Å². The lowest BCUT2D eigenvalue weighted by Gasteiger charge is -2.24. The maximum Gasteiger partial charge on any atom is 0.0994 e. The van der Waals surface area contributed by atoms with Gasteiger partial charge < -0.3 is 5.32 Å². The molecular formula is C11H13Cl2NS. The quantitative estimate of drug-likeness (QED) is 0.842. The van der Waals surface area contributed by atoms with Crippen molar-refractivity contribution < 1.29 is 0 Å². The Balaban J connectivity index is 1.93. The summed E-state index contributed by atoms with van der Waals surface area (Å²) >= 11 is 14.0. The molecule has 1 N–H and O–H groups in total. The molecule has 2 aliphatic rings. The minimum Gasteiger partial charge on any atom is -0.307 e. The highest BCUT2D eigenvalue weighted by molar-refractivity contribution is 7.20. The molecular weight excluding hydrogens is 249 g/mol. The summed E-state index contributed by atoms with van der Waals surface area (Å²) in [4.78, 5) is 0. The fourth-order valence-electron chi connectivity index (χ4n) is 2.33. The zero-order chi connectivity index (χ0) is 10.4. The average Bonchev–Trinajstić information content (AvgIpc) is 2.96. The van der Waals surface area contributed by atoms with Crippen LogP contribution in [-0.2, 0) is 6.42 Å². The fraction of sp³-hybridized carbons (Fsp3) is 0.636. The first-order valence-electron chi connectivity index (χ1n) is 5.48. The van der Waals surface area contributed by atoms with Crippen LogP contribution in [0.5, 0.6) is 0 Å². The fourth-order valence-corrected chi connectivity index (χ4v) is 4.22. The van der Waals surface area contributed by atoms with Gasteiger partial charge in [-0.15, -0.1) is 11.3 Å². The van der Waals surface area contributed by atoms with E-state index in [1.165, 1.54) is 48.1 Å². The van der Waals surface area contributed by atoms with Crippen molar-refractivity contribution in [1.29, 1.82) is 0 Å². The van der Waals surface area contributed by atoms with E-state index in [2.05, 4.69) is 5.32 Å². The molecule has 2 aliphatic carbocycles. The van der Waals surface area contributed by atoms with Crippen molar-refractivity contribution in [1.82, 2.24) is 5.32 Å². The second-order valence-corrected chi connectivity index (χ2v) is 6.65. The normalized spacial score (nSPS) is 25.3. The third-order valence-corrected chi connectivity index (χ3v) is 4.95. The second-order valence-electron chi connectivity index (χ2n) is 4.43. The Hall–Kier alpha value is 0.240. The van der Waals surface area contributed by atoms with Crippen molar-refractivity contribution in [2.24, 2.45) is 0 Å². The molecule has 82 valence electrons. The van der Waals surface area contributed by atoms with Gasteiger partial charge >= 0.3 is 0 Å². The predicted octanol–water partition coefficient (Wildman–Crippen LogP) is 4.18. The van der Waals surface area contributed by atoms with Crippen LogP contribution in [0.25, 0.3) is 0 Å². The highest BCUT2D eigenvalue weighted by Crippen LogP contribution is 2.45. The Bertz CT molecular complexity index is 384. The van der Waals surface area contributed by atoms with Crippen LogP contribution in [0, 0.1) is 0 Å². The Morgan fingerprint density at radius 3 is 2.67 bits per heavy atom. The molecule has 0 radical (unpaired) electrons. The van der Waals surface area contributed by atoms with Gasteiger partial charge in [0.15, 0.2) is 0 Å². The van der Waals surface area contributed by atoms with Crippen LogP contribution < -0.4 is 5.32 Å². The number of thiophene rings is 1. The molecule has 0 aromatic carbocycles. The van der Waals surface area contributed by atoms with Gasteiger partial charge in [-0.25, -0.2) is 0 Å². The van der Waals surface area contributed by atoms with E-state index in [-0.39, 0.29) is 0 Å². The number of hydrogen-bond donors (Lipinski definition) is 1. The first-order valence-corrected chi connectivity index (χ1v) is 7.05. The monoisotopic (exact) mass is 261 g/mol. The molecule has 4 heteroatoms. The molecule has 0 aliphatic heterocycles. The van der Waals surface area contributed by atoms with Gasteiger partial charge in [0.1, 0.15) is 0 Å². The maximum atomic E-state index is 6.26. The van der Waals surface area contributed by atoms with Crippen LogP contribution in [0.2, 0.25) is 8.67 Å². The smallest absolute Gasteiger partial charge is 0.0994 e. The van der Waals surface area contributed by atoms with Crippen molar-refractivity contribution in [3.8, 4) is 0 Å². The van der Waals surface area contributed by atoms with Gasteiger partial charge in [0.2, 0.25) is 0 Å². The number of rotatable bonds is 2. The van der Waals surface area contributed by atoms with E-state index >= 15 is 0 Å². The van der Waals surface area contributed by atoms with Gasteiger partial charge in [-0.05, 0) is 37.7 Å². The van der Waals surface area contributed by atoms with E-state index in [0.717, 1.165) is 21.1 Å². The van der Waals surface area contributed by atoms with E-state index in [0.29, 0.717) is 6.04 Å². The largest absolute Gasteiger partial charge is 0.307 e. The molecule has 0 bridgehead atoms. The molecule has 3 rings (SSSR count). The van der Waals surface area contributed by atoms with E-state index in [1.54, 1.807) is 0 Å². The molecule has 1 aromatic rings. The molecule has 1 nitrogen and oxygen atoms in total. The Morgan fingerprint density at radius 2 is 1.93 bits per heavy atom. The summed E-state index contributed by atoms with van der Waals surface area (Å²) in [5, 5.41) is 3.67. The minimum atomic E-state index is 0.456. The molecule has 1 heterocycles. The van der Waals surface area contributed by atoms with Crippen molar-refractivity contribution in [2.75, 3.05) is 0 Å². The van der Waals surface area contributed by atoms with Crippen LogP contribution in [0.3, 0.4) is 0 Å². The Morgan fingerprint density at radius 1 is 1.13 bits per heavy atom. The molecule has 1 fully saturated rings. The van der Waals surface area contributed by atoms with E-state index in [1.807, 2.05) is 0 Å². The molecule has 1 aromatic heterocycles. The highest BCUT2D eigenvalue weighted by Gasteiger charge is 2.31. The predicted molar refractivity (Wildman–Crippen MR) is 66.2 cm³/mol. The molecule has 0 amide bonds. The lowest BCUT2D eigenvalue weighted by molar-refractivity contribution is 0.459. The Kier molecular flexibility index (Phi) is 2.72. The zero-order valence-electron chi connectivity index (χ0n) is 8.35. The number of nitrogens with one attached hydrogen (secondary N) is 1. The number of fused-ring (bicyclic) bond motifs is 1. The van der Waals surface area contributed by atoms with Crippen LogP contribution in [0.4, 0.5) is 0 Å². The van der Waals surface area contributed by atoms with Gasteiger partial charge in [0.05, 0.1) is 8.67 Å². The highest BCUT2D eigenvalue weighted by atomic mass is 35.5. The maximum absolute atomic E-state index is 6.26. The zero-order valence-corrected chi connectivity index (χ0v) is 10.7. The lowest BCUT2D eigenvalue weighted by Crippen LogP contribution is -2.26. The molecule has 1 unspecified atom stereocenters. The second kappa shape index (κ2) is 3.92. The lowest BCUT2D eigenvalue weighted by atomic mass is 9.91. The molecule has 0 spiro atoms. The van der Waals surface area contributed by atoms with Crippen LogP contribution in [0.1, 0.15) is 42.9 Å².